The van der Waals surface area contributed by atoms with Crippen LogP contribution in [0.25, 0.3) is 0 Å². The molecule has 1 aliphatic carbocycles. The van der Waals surface area contributed by atoms with Gasteiger partial charge in [-0.3, -0.25) is 4.79 Å². The van der Waals surface area contributed by atoms with Crippen LogP contribution in [0.3, 0.4) is 0 Å². The zero-order valence-corrected chi connectivity index (χ0v) is 14.1. The van der Waals surface area contributed by atoms with E-state index in [2.05, 4.69) is 46.7 Å². The Morgan fingerprint density at radius 1 is 1.22 bits per heavy atom. The predicted octanol–water partition coefficient (Wildman–Crippen LogP) is 1.36. The lowest BCUT2D eigenvalue weighted by Crippen LogP contribution is -2.38. The van der Waals surface area contributed by atoms with Crippen LogP contribution in [0, 0.1) is 24.7 Å². The van der Waals surface area contributed by atoms with Gasteiger partial charge in [0.05, 0.1) is 0 Å². The maximum atomic E-state index is 11.6. The normalized spacial score (nSPS) is 36.0. The number of likely N-dealkylation sites (tertiary alicyclic amines) is 1. The molecule has 1 saturated carbocycles. The Balaban J connectivity index is 1.45. The van der Waals surface area contributed by atoms with Crippen LogP contribution in [0.4, 0.5) is 0 Å². The van der Waals surface area contributed by atoms with Gasteiger partial charge in [0.15, 0.2) is 0 Å². The Bertz CT molecular complexity index is 575. The summed E-state index contributed by atoms with van der Waals surface area (Å²) in [6, 6.07) is 9.06. The monoisotopic (exact) mass is 313 g/mol. The van der Waals surface area contributed by atoms with Gasteiger partial charge in [0.25, 0.3) is 0 Å². The fourth-order valence-corrected chi connectivity index (χ4v) is 4.71. The van der Waals surface area contributed by atoms with Crippen LogP contribution < -0.4 is 10.6 Å². The first kappa shape index (κ1) is 15.2. The van der Waals surface area contributed by atoms with Crippen LogP contribution in [0.1, 0.15) is 24.0 Å². The Morgan fingerprint density at radius 3 is 2.57 bits per heavy atom. The molecule has 3 fully saturated rings. The molecule has 2 aliphatic heterocycles. The number of carbonyl (C=O) groups is 1. The summed E-state index contributed by atoms with van der Waals surface area (Å²) >= 11 is 0. The largest absolute Gasteiger partial charge is 0.352 e. The molecule has 0 bridgehead atoms. The highest BCUT2D eigenvalue weighted by molar-refractivity contribution is 5.73. The zero-order chi connectivity index (χ0) is 16.0. The molecule has 2 N–H and O–H groups in total. The lowest BCUT2D eigenvalue weighted by Gasteiger charge is -2.19. The zero-order valence-electron chi connectivity index (χ0n) is 14.1. The number of piperidine rings is 1. The van der Waals surface area contributed by atoms with Crippen molar-refractivity contribution < 1.29 is 4.79 Å². The molecule has 4 rings (SSSR count). The van der Waals surface area contributed by atoms with Gasteiger partial charge in [0, 0.05) is 38.5 Å². The van der Waals surface area contributed by atoms with Crippen molar-refractivity contribution in [1.29, 1.82) is 0 Å². The third-order valence-corrected chi connectivity index (χ3v) is 6.03. The van der Waals surface area contributed by atoms with Gasteiger partial charge in [0.1, 0.15) is 0 Å². The first-order valence-electron chi connectivity index (χ1n) is 8.88. The van der Waals surface area contributed by atoms with E-state index in [0.29, 0.717) is 5.92 Å². The van der Waals surface area contributed by atoms with Crippen LogP contribution in [0.15, 0.2) is 24.3 Å². The van der Waals surface area contributed by atoms with Gasteiger partial charge in [-0.05, 0) is 43.3 Å². The molecule has 124 valence electrons. The van der Waals surface area contributed by atoms with Gasteiger partial charge in [-0.25, -0.2) is 0 Å². The Hall–Kier alpha value is -1.39. The number of hydrogen-bond donors (Lipinski definition) is 2. The molecule has 23 heavy (non-hydrogen) atoms. The number of rotatable bonds is 4. The molecule has 1 amide bonds. The first-order chi connectivity index (χ1) is 11.1. The minimum atomic E-state index is 0.0847. The van der Waals surface area contributed by atoms with E-state index in [4.69, 9.17) is 0 Å². The molecule has 0 aromatic heterocycles. The summed E-state index contributed by atoms with van der Waals surface area (Å²) in [6.45, 7) is 9.43. The highest BCUT2D eigenvalue weighted by Gasteiger charge is 2.53. The lowest BCUT2D eigenvalue weighted by atomic mass is 9.93. The van der Waals surface area contributed by atoms with Crippen molar-refractivity contribution in [3.63, 3.8) is 0 Å². The van der Waals surface area contributed by atoms with Crippen LogP contribution in [-0.4, -0.2) is 49.6 Å². The number of carbonyl (C=O) groups excluding carboxylic acids is 1. The Kier molecular flexibility index (Phi) is 3.90. The predicted molar refractivity (Wildman–Crippen MR) is 91.3 cm³/mol. The average molecular weight is 313 g/mol. The van der Waals surface area contributed by atoms with Crippen LogP contribution in [0.5, 0.6) is 0 Å². The van der Waals surface area contributed by atoms with E-state index in [1.165, 1.54) is 30.8 Å². The molecule has 0 spiro atoms. The number of amides is 1. The average Bonchev–Trinajstić information content (AvgIpc) is 2.89. The van der Waals surface area contributed by atoms with Gasteiger partial charge in [-0.1, -0.05) is 29.8 Å². The topological polar surface area (TPSA) is 44.4 Å². The molecule has 4 nitrogen and oxygen atoms in total. The van der Waals surface area contributed by atoms with Crippen molar-refractivity contribution in [1.82, 2.24) is 15.5 Å². The van der Waals surface area contributed by atoms with Crippen molar-refractivity contribution in [3.8, 4) is 0 Å². The third-order valence-electron chi connectivity index (χ3n) is 6.03. The van der Waals surface area contributed by atoms with Gasteiger partial charge < -0.3 is 15.5 Å². The molecule has 1 aromatic rings. The number of benzene rings is 1. The highest BCUT2D eigenvalue weighted by Crippen LogP contribution is 2.49. The van der Waals surface area contributed by atoms with Crippen molar-refractivity contribution in [3.05, 3.63) is 35.4 Å². The van der Waals surface area contributed by atoms with E-state index in [1.54, 1.807) is 6.92 Å². The summed E-state index contributed by atoms with van der Waals surface area (Å²) in [5.74, 6) is 3.20. The number of nitrogens with one attached hydrogen (secondary N) is 2. The van der Waals surface area contributed by atoms with Gasteiger partial charge >= 0.3 is 0 Å². The fourth-order valence-electron chi connectivity index (χ4n) is 4.71. The van der Waals surface area contributed by atoms with Crippen LogP contribution in [-0.2, 0) is 4.79 Å². The van der Waals surface area contributed by atoms with E-state index in [9.17, 15) is 4.79 Å². The number of aryl methyl sites for hydroxylation is 1. The van der Waals surface area contributed by atoms with Gasteiger partial charge in [0.2, 0.25) is 5.91 Å². The molecular formula is C19H27N3O. The maximum absolute atomic E-state index is 11.6. The van der Waals surface area contributed by atoms with E-state index in [1.807, 2.05) is 0 Å². The quantitative estimate of drug-likeness (QED) is 0.882. The molecule has 1 unspecified atom stereocenters. The minimum absolute atomic E-state index is 0.0847. The van der Waals surface area contributed by atoms with Crippen molar-refractivity contribution in [2.24, 2.45) is 17.8 Å². The molecule has 4 heteroatoms. The van der Waals surface area contributed by atoms with E-state index < -0.39 is 0 Å². The maximum Gasteiger partial charge on any atom is 0.217 e. The van der Waals surface area contributed by atoms with Crippen molar-refractivity contribution >= 4 is 5.91 Å². The Labute approximate surface area is 138 Å². The first-order valence-corrected chi connectivity index (χ1v) is 8.88. The summed E-state index contributed by atoms with van der Waals surface area (Å²) in [5.41, 5.74) is 2.65. The van der Waals surface area contributed by atoms with Crippen molar-refractivity contribution in [2.45, 2.75) is 25.8 Å². The molecule has 1 aromatic carbocycles. The molecule has 2 heterocycles. The third kappa shape index (κ3) is 3.02. The van der Waals surface area contributed by atoms with Crippen molar-refractivity contribution in [2.75, 3.05) is 32.7 Å². The summed E-state index contributed by atoms with van der Waals surface area (Å²) in [6.07, 6.45) is 0. The SMILES string of the molecule is CC(=O)N[C@@H]1CN(CC2[C@H]3CNC[C@@H]23)C[C@H]1c1ccc(C)cc1. The number of hydrogen-bond acceptors (Lipinski definition) is 3. The van der Waals surface area contributed by atoms with Gasteiger partial charge in [-0.15, -0.1) is 0 Å². The lowest BCUT2D eigenvalue weighted by molar-refractivity contribution is -0.119. The number of nitrogens with zero attached hydrogens (tertiary/aromatic N) is 1. The molecule has 3 aliphatic rings. The fraction of sp³-hybridized carbons (Fsp3) is 0.632. The van der Waals surface area contributed by atoms with E-state index >= 15 is 0 Å². The second kappa shape index (κ2) is 5.91. The smallest absolute Gasteiger partial charge is 0.217 e. The number of fused-ring (bicyclic) bond motifs is 1. The molecular weight excluding hydrogens is 286 g/mol. The second-order valence-electron chi connectivity index (χ2n) is 7.69. The summed E-state index contributed by atoms with van der Waals surface area (Å²) in [4.78, 5) is 14.2. The Morgan fingerprint density at radius 2 is 1.91 bits per heavy atom. The summed E-state index contributed by atoms with van der Waals surface area (Å²) in [7, 11) is 0. The van der Waals surface area contributed by atoms with Crippen LogP contribution >= 0.6 is 0 Å². The molecule has 2 saturated heterocycles. The summed E-state index contributed by atoms with van der Waals surface area (Å²) < 4.78 is 0. The minimum Gasteiger partial charge on any atom is -0.352 e. The van der Waals surface area contributed by atoms with Crippen LogP contribution in [0.2, 0.25) is 0 Å². The molecule has 5 atom stereocenters. The van der Waals surface area contributed by atoms with E-state index in [-0.39, 0.29) is 11.9 Å². The highest BCUT2D eigenvalue weighted by atomic mass is 16.1. The van der Waals surface area contributed by atoms with E-state index in [0.717, 1.165) is 30.8 Å². The summed E-state index contributed by atoms with van der Waals surface area (Å²) in [5, 5.41) is 6.66. The second-order valence-corrected chi connectivity index (χ2v) is 7.69. The molecule has 0 radical (unpaired) electrons. The van der Waals surface area contributed by atoms with Gasteiger partial charge in [-0.2, -0.15) is 0 Å². The standard InChI is InChI=1S/C19H27N3O/c1-12-3-5-14(6-4-12)17-9-22(11-19(17)21-13(2)23)10-18-15-7-20-8-16(15)18/h3-6,15-20H,7-11H2,1-2H3,(H,21,23)/t15-,16+,17-,18?,19+/m0/s1.